The molecule has 1 nitrogen and oxygen atoms in total. The molecule has 0 saturated heterocycles. The normalized spacial score (nSPS) is 10.7. The van der Waals surface area contributed by atoms with Gasteiger partial charge in [-0.1, -0.05) is 54.1 Å². The Bertz CT molecular complexity index is 729. The van der Waals surface area contributed by atoms with Crippen LogP contribution >= 0.6 is 11.6 Å². The zero-order valence-electron chi connectivity index (χ0n) is 10.7. The molecule has 1 N–H and O–H groups in total. The highest BCUT2D eigenvalue weighted by molar-refractivity contribution is 6.31. The maximum absolute atomic E-state index is 13.7. The molecule has 100 valence electrons. The van der Waals surface area contributed by atoms with Gasteiger partial charge in [-0.15, -0.1) is 0 Å². The molecule has 0 aliphatic carbocycles. The molecule has 0 atom stereocenters. The van der Waals surface area contributed by atoms with Crippen molar-refractivity contribution in [3.8, 4) is 0 Å². The van der Waals surface area contributed by atoms with Crippen LogP contribution in [0.1, 0.15) is 5.56 Å². The van der Waals surface area contributed by atoms with E-state index in [2.05, 4.69) is 17.4 Å². The summed E-state index contributed by atoms with van der Waals surface area (Å²) < 4.78 is 13.7. The number of halogens is 2. The zero-order valence-corrected chi connectivity index (χ0v) is 11.5. The fraction of sp³-hybridized carbons (Fsp3) is 0.0588. The van der Waals surface area contributed by atoms with E-state index >= 15 is 0 Å². The van der Waals surface area contributed by atoms with Crippen molar-refractivity contribution >= 4 is 28.1 Å². The highest BCUT2D eigenvalue weighted by Crippen LogP contribution is 2.25. The van der Waals surface area contributed by atoms with E-state index in [-0.39, 0.29) is 5.82 Å². The zero-order chi connectivity index (χ0) is 13.9. The lowest BCUT2D eigenvalue weighted by Gasteiger charge is -2.11. The number of anilines is 1. The molecule has 0 radical (unpaired) electrons. The van der Waals surface area contributed by atoms with Crippen molar-refractivity contribution in [3.05, 3.63) is 77.1 Å². The summed E-state index contributed by atoms with van der Waals surface area (Å²) in [5.74, 6) is -0.287. The van der Waals surface area contributed by atoms with Gasteiger partial charge in [0.05, 0.1) is 0 Å². The van der Waals surface area contributed by atoms with Crippen LogP contribution in [0.5, 0.6) is 0 Å². The van der Waals surface area contributed by atoms with Crippen LogP contribution in [-0.2, 0) is 6.54 Å². The monoisotopic (exact) mass is 285 g/mol. The lowest BCUT2D eigenvalue weighted by molar-refractivity contribution is 0.613. The van der Waals surface area contributed by atoms with Crippen molar-refractivity contribution in [2.75, 3.05) is 5.32 Å². The third kappa shape index (κ3) is 2.47. The number of nitrogens with one attached hydrogen (secondary N) is 1. The number of hydrogen-bond donors (Lipinski definition) is 1. The van der Waals surface area contributed by atoms with Crippen LogP contribution in [0, 0.1) is 5.82 Å². The second-order valence-electron chi connectivity index (χ2n) is 4.58. The third-order valence-electron chi connectivity index (χ3n) is 3.31. The first-order chi connectivity index (χ1) is 9.75. The van der Waals surface area contributed by atoms with Gasteiger partial charge in [-0.05, 0) is 23.6 Å². The molecule has 0 fully saturated rings. The standard InChI is InChI=1S/C17H13ClFN/c18-15-8-4-9-16(19)14(15)11-20-17-10-3-6-12-5-1-2-7-13(12)17/h1-10,20H,11H2. The lowest BCUT2D eigenvalue weighted by Crippen LogP contribution is -2.03. The summed E-state index contributed by atoms with van der Waals surface area (Å²) >= 11 is 6.03. The minimum atomic E-state index is -0.287. The van der Waals surface area contributed by atoms with Gasteiger partial charge in [0.2, 0.25) is 0 Å². The molecule has 3 heteroatoms. The molecule has 3 aromatic carbocycles. The minimum Gasteiger partial charge on any atom is -0.380 e. The van der Waals surface area contributed by atoms with Crippen molar-refractivity contribution in [2.24, 2.45) is 0 Å². The predicted octanol–water partition coefficient (Wildman–Crippen LogP) is 5.24. The lowest BCUT2D eigenvalue weighted by atomic mass is 10.1. The molecule has 0 bridgehead atoms. The maximum atomic E-state index is 13.7. The molecule has 0 heterocycles. The van der Waals surface area contributed by atoms with Gasteiger partial charge in [0.1, 0.15) is 5.82 Å². The molecule has 0 unspecified atom stereocenters. The number of hydrogen-bond acceptors (Lipinski definition) is 1. The number of fused-ring (bicyclic) bond motifs is 1. The fourth-order valence-electron chi connectivity index (χ4n) is 2.26. The van der Waals surface area contributed by atoms with Gasteiger partial charge in [-0.3, -0.25) is 0 Å². The van der Waals surface area contributed by atoms with E-state index < -0.39 is 0 Å². The number of rotatable bonds is 3. The maximum Gasteiger partial charge on any atom is 0.129 e. The van der Waals surface area contributed by atoms with Crippen molar-refractivity contribution in [1.82, 2.24) is 0 Å². The van der Waals surface area contributed by atoms with Crippen LogP contribution in [0.25, 0.3) is 10.8 Å². The number of benzene rings is 3. The summed E-state index contributed by atoms with van der Waals surface area (Å²) in [5, 5.41) is 5.97. The van der Waals surface area contributed by atoms with Gasteiger partial charge in [0.15, 0.2) is 0 Å². The predicted molar refractivity (Wildman–Crippen MR) is 82.7 cm³/mol. The summed E-state index contributed by atoms with van der Waals surface area (Å²) in [4.78, 5) is 0. The molecule has 0 saturated carbocycles. The van der Waals surface area contributed by atoms with Crippen molar-refractivity contribution < 1.29 is 4.39 Å². The molecule has 0 spiro atoms. The quantitative estimate of drug-likeness (QED) is 0.693. The van der Waals surface area contributed by atoms with E-state index in [9.17, 15) is 4.39 Å². The summed E-state index contributed by atoms with van der Waals surface area (Å²) in [6.07, 6.45) is 0. The highest BCUT2D eigenvalue weighted by atomic mass is 35.5. The van der Waals surface area contributed by atoms with Crippen molar-refractivity contribution in [2.45, 2.75) is 6.54 Å². The summed E-state index contributed by atoms with van der Waals surface area (Å²) in [6, 6.07) is 18.8. The first-order valence-electron chi connectivity index (χ1n) is 6.40. The van der Waals surface area contributed by atoms with Gasteiger partial charge in [0, 0.05) is 28.2 Å². The molecular weight excluding hydrogens is 273 g/mol. The fourth-order valence-corrected chi connectivity index (χ4v) is 2.49. The first kappa shape index (κ1) is 12.9. The molecule has 0 aliphatic heterocycles. The van der Waals surface area contributed by atoms with Gasteiger partial charge >= 0.3 is 0 Å². The summed E-state index contributed by atoms with van der Waals surface area (Å²) in [5.41, 5.74) is 1.46. The van der Waals surface area contributed by atoms with Gasteiger partial charge in [-0.25, -0.2) is 4.39 Å². The van der Waals surface area contributed by atoms with Gasteiger partial charge in [-0.2, -0.15) is 0 Å². The average Bonchev–Trinajstić information content (AvgIpc) is 2.47. The summed E-state index contributed by atoms with van der Waals surface area (Å²) in [7, 11) is 0. The molecule has 0 amide bonds. The highest BCUT2D eigenvalue weighted by Gasteiger charge is 2.07. The molecule has 3 aromatic rings. The van der Waals surface area contributed by atoms with Gasteiger partial charge < -0.3 is 5.32 Å². The average molecular weight is 286 g/mol. The van der Waals surface area contributed by atoms with Crippen LogP contribution in [0.3, 0.4) is 0 Å². The van der Waals surface area contributed by atoms with E-state index in [1.54, 1.807) is 12.1 Å². The Hall–Kier alpha value is -2.06. The van der Waals surface area contributed by atoms with E-state index in [0.29, 0.717) is 17.1 Å². The van der Waals surface area contributed by atoms with E-state index in [0.717, 1.165) is 16.5 Å². The summed E-state index contributed by atoms with van der Waals surface area (Å²) in [6.45, 7) is 0.361. The molecule has 3 rings (SSSR count). The first-order valence-corrected chi connectivity index (χ1v) is 6.78. The van der Waals surface area contributed by atoms with E-state index in [4.69, 9.17) is 11.6 Å². The molecular formula is C17H13ClFN. The van der Waals surface area contributed by atoms with Crippen LogP contribution < -0.4 is 5.32 Å². The van der Waals surface area contributed by atoms with Crippen LogP contribution in [0.2, 0.25) is 5.02 Å². The Balaban J connectivity index is 1.91. The molecule has 20 heavy (non-hydrogen) atoms. The Morgan fingerprint density at radius 2 is 1.65 bits per heavy atom. The van der Waals surface area contributed by atoms with E-state index in [1.165, 1.54) is 6.07 Å². The van der Waals surface area contributed by atoms with Gasteiger partial charge in [0.25, 0.3) is 0 Å². The Labute approximate surface area is 122 Å². The van der Waals surface area contributed by atoms with Crippen molar-refractivity contribution in [1.29, 1.82) is 0 Å². The molecule has 0 aromatic heterocycles. The second kappa shape index (κ2) is 5.51. The SMILES string of the molecule is Fc1cccc(Cl)c1CNc1cccc2ccccc12. The molecule has 0 aliphatic rings. The third-order valence-corrected chi connectivity index (χ3v) is 3.66. The Morgan fingerprint density at radius 3 is 2.50 bits per heavy atom. The second-order valence-corrected chi connectivity index (χ2v) is 4.99. The Morgan fingerprint density at radius 1 is 0.900 bits per heavy atom. The van der Waals surface area contributed by atoms with Crippen molar-refractivity contribution in [3.63, 3.8) is 0 Å². The van der Waals surface area contributed by atoms with Crippen LogP contribution in [0.15, 0.2) is 60.7 Å². The van der Waals surface area contributed by atoms with Crippen LogP contribution in [-0.4, -0.2) is 0 Å². The Kier molecular flexibility index (Phi) is 3.57. The minimum absolute atomic E-state index is 0.287. The van der Waals surface area contributed by atoms with Crippen LogP contribution in [0.4, 0.5) is 10.1 Å². The topological polar surface area (TPSA) is 12.0 Å². The van der Waals surface area contributed by atoms with E-state index in [1.807, 2.05) is 30.3 Å². The smallest absolute Gasteiger partial charge is 0.129 e. The largest absolute Gasteiger partial charge is 0.380 e.